The van der Waals surface area contributed by atoms with Crippen molar-refractivity contribution in [2.45, 2.75) is 41.0 Å². The molecule has 1 aromatic rings. The van der Waals surface area contributed by atoms with Crippen molar-refractivity contribution < 1.29 is 4.74 Å². The highest BCUT2D eigenvalue weighted by molar-refractivity contribution is 5.48. The van der Waals surface area contributed by atoms with Gasteiger partial charge in [-0.3, -0.25) is 0 Å². The second-order valence-corrected chi connectivity index (χ2v) is 4.68. The van der Waals surface area contributed by atoms with Gasteiger partial charge in [0.2, 0.25) is 5.88 Å². The van der Waals surface area contributed by atoms with Crippen LogP contribution < -0.4 is 10.1 Å². The average Bonchev–Trinajstić information content (AvgIpc) is 2.47. The van der Waals surface area contributed by atoms with Crippen LogP contribution in [0.3, 0.4) is 0 Å². The summed E-state index contributed by atoms with van der Waals surface area (Å²) in [5, 5.41) is 3.27. The largest absolute Gasteiger partial charge is 0.476 e. The average molecular weight is 280 g/mol. The Morgan fingerprint density at radius 3 is 2.35 bits per heavy atom. The Labute approximate surface area is 122 Å². The van der Waals surface area contributed by atoms with Gasteiger partial charge in [-0.25, -0.2) is 4.98 Å². The van der Waals surface area contributed by atoms with E-state index in [2.05, 4.69) is 47.9 Å². The van der Waals surface area contributed by atoms with Gasteiger partial charge >= 0.3 is 0 Å². The molecule has 0 atom stereocenters. The van der Waals surface area contributed by atoms with E-state index in [1.54, 1.807) is 0 Å². The molecule has 0 bridgehead atoms. The zero-order chi connectivity index (χ0) is 15.0. The molecule has 0 spiro atoms. The monoisotopic (exact) mass is 280 g/mol. The van der Waals surface area contributed by atoms with E-state index in [-0.39, 0.29) is 0 Å². The van der Waals surface area contributed by atoms with Gasteiger partial charge in [-0.2, -0.15) is 4.98 Å². The number of aromatic nitrogens is 2. The third-order valence-electron chi connectivity index (χ3n) is 3.35. The lowest BCUT2D eigenvalue weighted by molar-refractivity contribution is 0.216. The Kier molecular flexibility index (Phi) is 7.30. The number of rotatable bonds is 9. The first kappa shape index (κ1) is 16.7. The summed E-state index contributed by atoms with van der Waals surface area (Å²) in [4.78, 5) is 11.3. The molecule has 0 amide bonds. The van der Waals surface area contributed by atoms with Crippen LogP contribution in [-0.4, -0.2) is 47.7 Å². The van der Waals surface area contributed by atoms with Gasteiger partial charge in [-0.1, -0.05) is 20.8 Å². The van der Waals surface area contributed by atoms with Crippen LogP contribution in [0.2, 0.25) is 0 Å². The summed E-state index contributed by atoms with van der Waals surface area (Å²) in [5.41, 5.74) is 0.989. The minimum Gasteiger partial charge on any atom is -0.476 e. The summed E-state index contributed by atoms with van der Waals surface area (Å²) in [6, 6.07) is 0. The summed E-state index contributed by atoms with van der Waals surface area (Å²) in [5.74, 6) is 2.42. The van der Waals surface area contributed by atoms with Crippen molar-refractivity contribution in [3.63, 3.8) is 0 Å². The Morgan fingerprint density at radius 2 is 1.80 bits per heavy atom. The van der Waals surface area contributed by atoms with Crippen LogP contribution >= 0.6 is 0 Å². The van der Waals surface area contributed by atoms with Crippen LogP contribution in [0, 0.1) is 6.92 Å². The van der Waals surface area contributed by atoms with Crippen molar-refractivity contribution in [3.8, 4) is 5.88 Å². The minimum absolute atomic E-state index is 0.661. The molecule has 0 saturated heterocycles. The van der Waals surface area contributed by atoms with Gasteiger partial charge in [-0.15, -0.1) is 0 Å². The Balaban J connectivity index is 2.75. The molecular formula is C15H28N4O. The lowest BCUT2D eigenvalue weighted by atomic mass is 10.3. The van der Waals surface area contributed by atoms with E-state index in [4.69, 9.17) is 4.74 Å². The molecule has 1 heterocycles. The second kappa shape index (κ2) is 8.74. The number of likely N-dealkylation sites (N-methyl/N-ethyl adjacent to an activating group) is 1. The summed E-state index contributed by atoms with van der Waals surface area (Å²) < 4.78 is 5.87. The molecule has 0 fully saturated rings. The number of nitrogens with zero attached hydrogens (tertiary/aromatic N) is 3. The molecule has 0 unspecified atom stereocenters. The highest BCUT2D eigenvalue weighted by atomic mass is 16.5. The van der Waals surface area contributed by atoms with Gasteiger partial charge in [0, 0.05) is 19.5 Å². The molecule has 20 heavy (non-hydrogen) atoms. The zero-order valence-corrected chi connectivity index (χ0v) is 13.5. The van der Waals surface area contributed by atoms with E-state index in [1.165, 1.54) is 0 Å². The molecule has 0 radical (unpaired) electrons. The Bertz CT molecular complexity index is 405. The molecule has 0 aromatic carbocycles. The number of hydrogen-bond acceptors (Lipinski definition) is 5. The van der Waals surface area contributed by atoms with Gasteiger partial charge < -0.3 is 15.0 Å². The van der Waals surface area contributed by atoms with Crippen molar-refractivity contribution in [3.05, 3.63) is 11.4 Å². The molecule has 114 valence electrons. The predicted molar refractivity (Wildman–Crippen MR) is 83.6 cm³/mol. The maximum absolute atomic E-state index is 5.87. The molecule has 5 nitrogen and oxygen atoms in total. The summed E-state index contributed by atoms with van der Waals surface area (Å²) in [6.07, 6.45) is 0.811. The van der Waals surface area contributed by atoms with Gasteiger partial charge in [0.25, 0.3) is 0 Å². The Hall–Kier alpha value is -1.36. The number of aryl methyl sites for hydroxylation is 1. The van der Waals surface area contributed by atoms with Crippen molar-refractivity contribution in [1.29, 1.82) is 0 Å². The fourth-order valence-corrected chi connectivity index (χ4v) is 1.99. The molecule has 0 aliphatic carbocycles. The standard InChI is InChI=1S/C15H28N4O/c1-6-13-17-14(16-7-2)12(5)15(18-13)20-11-10-19(8-3)9-4/h6-11H2,1-5H3,(H,16,17,18). The van der Waals surface area contributed by atoms with E-state index >= 15 is 0 Å². The lowest BCUT2D eigenvalue weighted by Gasteiger charge is -2.19. The number of hydrogen-bond donors (Lipinski definition) is 1. The van der Waals surface area contributed by atoms with Crippen LogP contribution in [0.4, 0.5) is 5.82 Å². The number of nitrogens with one attached hydrogen (secondary N) is 1. The topological polar surface area (TPSA) is 50.3 Å². The molecule has 0 saturated carbocycles. The van der Waals surface area contributed by atoms with Crippen LogP contribution in [0.15, 0.2) is 0 Å². The molecule has 1 N–H and O–H groups in total. The minimum atomic E-state index is 0.661. The summed E-state index contributed by atoms with van der Waals surface area (Å²) in [6.45, 7) is 15.0. The van der Waals surface area contributed by atoms with Crippen LogP contribution in [0.1, 0.15) is 39.1 Å². The van der Waals surface area contributed by atoms with E-state index in [0.29, 0.717) is 12.5 Å². The van der Waals surface area contributed by atoms with Crippen molar-refractivity contribution in [2.24, 2.45) is 0 Å². The SMILES string of the molecule is CCNc1nc(CC)nc(OCCN(CC)CC)c1C. The van der Waals surface area contributed by atoms with E-state index in [9.17, 15) is 0 Å². The third-order valence-corrected chi connectivity index (χ3v) is 3.35. The van der Waals surface area contributed by atoms with Crippen molar-refractivity contribution in [1.82, 2.24) is 14.9 Å². The number of anilines is 1. The van der Waals surface area contributed by atoms with E-state index < -0.39 is 0 Å². The number of ether oxygens (including phenoxy) is 1. The van der Waals surface area contributed by atoms with Crippen LogP contribution in [0.5, 0.6) is 5.88 Å². The fraction of sp³-hybridized carbons (Fsp3) is 0.733. The molecule has 0 aliphatic heterocycles. The Morgan fingerprint density at radius 1 is 1.10 bits per heavy atom. The van der Waals surface area contributed by atoms with Gasteiger partial charge in [-0.05, 0) is 26.9 Å². The maximum Gasteiger partial charge on any atom is 0.221 e. The van der Waals surface area contributed by atoms with E-state index in [0.717, 1.165) is 49.8 Å². The first-order valence-corrected chi connectivity index (χ1v) is 7.62. The fourth-order valence-electron chi connectivity index (χ4n) is 1.99. The van der Waals surface area contributed by atoms with Gasteiger partial charge in [0.15, 0.2) is 0 Å². The molecule has 5 heteroatoms. The molecule has 0 aliphatic rings. The van der Waals surface area contributed by atoms with Crippen LogP contribution in [0.25, 0.3) is 0 Å². The molecule has 1 aromatic heterocycles. The normalized spacial score (nSPS) is 10.9. The second-order valence-electron chi connectivity index (χ2n) is 4.68. The first-order chi connectivity index (χ1) is 9.65. The van der Waals surface area contributed by atoms with Crippen molar-refractivity contribution >= 4 is 5.82 Å². The highest BCUT2D eigenvalue weighted by Crippen LogP contribution is 2.22. The highest BCUT2D eigenvalue weighted by Gasteiger charge is 2.11. The van der Waals surface area contributed by atoms with Gasteiger partial charge in [0.1, 0.15) is 18.2 Å². The zero-order valence-electron chi connectivity index (χ0n) is 13.5. The predicted octanol–water partition coefficient (Wildman–Crippen LogP) is 2.50. The van der Waals surface area contributed by atoms with Crippen molar-refractivity contribution in [2.75, 3.05) is 38.1 Å². The van der Waals surface area contributed by atoms with Crippen LogP contribution in [-0.2, 0) is 6.42 Å². The molecular weight excluding hydrogens is 252 g/mol. The molecule has 1 rings (SSSR count). The summed E-state index contributed by atoms with van der Waals surface area (Å²) in [7, 11) is 0. The lowest BCUT2D eigenvalue weighted by Crippen LogP contribution is -2.28. The quantitative estimate of drug-likeness (QED) is 0.753. The van der Waals surface area contributed by atoms with E-state index in [1.807, 2.05) is 6.92 Å². The smallest absolute Gasteiger partial charge is 0.221 e. The maximum atomic E-state index is 5.87. The van der Waals surface area contributed by atoms with Gasteiger partial charge in [0.05, 0.1) is 5.56 Å². The third kappa shape index (κ3) is 4.63. The summed E-state index contributed by atoms with van der Waals surface area (Å²) >= 11 is 0. The first-order valence-electron chi connectivity index (χ1n) is 7.62.